The molecular formula is C13H23NO4. The van der Waals surface area contributed by atoms with Crippen LogP contribution in [0.3, 0.4) is 0 Å². The van der Waals surface area contributed by atoms with Gasteiger partial charge < -0.3 is 19.1 Å². The van der Waals surface area contributed by atoms with Crippen molar-refractivity contribution in [2.75, 3.05) is 26.3 Å². The summed E-state index contributed by atoms with van der Waals surface area (Å²) in [5.74, 6) is 0. The maximum absolute atomic E-state index is 11.8. The van der Waals surface area contributed by atoms with E-state index in [2.05, 4.69) is 0 Å². The van der Waals surface area contributed by atoms with Crippen molar-refractivity contribution >= 4 is 6.09 Å². The largest absolute Gasteiger partial charge is 0.444 e. The van der Waals surface area contributed by atoms with Gasteiger partial charge in [-0.1, -0.05) is 0 Å². The van der Waals surface area contributed by atoms with Crippen LogP contribution in [0.25, 0.3) is 0 Å². The van der Waals surface area contributed by atoms with E-state index in [1.54, 1.807) is 4.90 Å². The molecule has 0 N–H and O–H groups in total. The molecule has 0 aliphatic carbocycles. The molecule has 0 spiro atoms. The molecule has 2 fully saturated rings. The highest BCUT2D eigenvalue weighted by Crippen LogP contribution is 2.19. The zero-order valence-electron chi connectivity index (χ0n) is 11.5. The van der Waals surface area contributed by atoms with Crippen LogP contribution in [0.4, 0.5) is 4.79 Å². The van der Waals surface area contributed by atoms with Crippen LogP contribution in [-0.4, -0.2) is 55.1 Å². The third-order valence-electron chi connectivity index (χ3n) is 3.01. The highest BCUT2D eigenvalue weighted by Gasteiger charge is 2.29. The number of carbonyl (C=O) groups excluding carboxylic acids is 1. The first kappa shape index (κ1) is 13.6. The topological polar surface area (TPSA) is 51.3 Å². The van der Waals surface area contributed by atoms with Crippen molar-refractivity contribution in [1.82, 2.24) is 4.90 Å². The second-order valence-electron chi connectivity index (χ2n) is 5.96. The number of epoxide rings is 1. The predicted molar refractivity (Wildman–Crippen MR) is 66.5 cm³/mol. The Morgan fingerprint density at radius 2 is 1.94 bits per heavy atom. The zero-order valence-corrected chi connectivity index (χ0v) is 11.5. The van der Waals surface area contributed by atoms with Gasteiger partial charge in [-0.15, -0.1) is 0 Å². The lowest BCUT2D eigenvalue weighted by Gasteiger charge is -2.33. The van der Waals surface area contributed by atoms with Crippen molar-refractivity contribution in [3.05, 3.63) is 0 Å². The monoisotopic (exact) mass is 257 g/mol. The van der Waals surface area contributed by atoms with Crippen LogP contribution < -0.4 is 0 Å². The average molecular weight is 257 g/mol. The molecule has 2 heterocycles. The molecule has 1 atom stereocenters. The van der Waals surface area contributed by atoms with Crippen molar-refractivity contribution in [3.63, 3.8) is 0 Å². The van der Waals surface area contributed by atoms with Gasteiger partial charge in [0.05, 0.1) is 19.3 Å². The molecule has 5 heteroatoms. The van der Waals surface area contributed by atoms with E-state index in [0.29, 0.717) is 25.8 Å². The van der Waals surface area contributed by atoms with Crippen LogP contribution in [0.15, 0.2) is 0 Å². The molecule has 104 valence electrons. The maximum atomic E-state index is 11.8. The Morgan fingerprint density at radius 3 is 2.44 bits per heavy atom. The lowest BCUT2D eigenvalue weighted by Crippen LogP contribution is -2.43. The van der Waals surface area contributed by atoms with Gasteiger partial charge in [0.15, 0.2) is 0 Å². The summed E-state index contributed by atoms with van der Waals surface area (Å²) in [7, 11) is 0. The van der Waals surface area contributed by atoms with E-state index < -0.39 is 5.60 Å². The minimum Gasteiger partial charge on any atom is -0.444 e. The van der Waals surface area contributed by atoms with Gasteiger partial charge in [0.25, 0.3) is 0 Å². The van der Waals surface area contributed by atoms with Crippen molar-refractivity contribution in [2.24, 2.45) is 0 Å². The van der Waals surface area contributed by atoms with Crippen LogP contribution in [0.2, 0.25) is 0 Å². The third-order valence-corrected chi connectivity index (χ3v) is 3.01. The van der Waals surface area contributed by atoms with E-state index in [1.165, 1.54) is 0 Å². The second kappa shape index (κ2) is 5.45. The average Bonchev–Trinajstić information content (AvgIpc) is 3.08. The minimum atomic E-state index is -0.423. The molecule has 5 nitrogen and oxygen atoms in total. The smallest absolute Gasteiger partial charge is 0.410 e. The number of amides is 1. The van der Waals surface area contributed by atoms with E-state index in [9.17, 15) is 4.79 Å². The molecule has 2 rings (SSSR count). The number of hydrogen-bond donors (Lipinski definition) is 0. The first-order valence-electron chi connectivity index (χ1n) is 6.65. The number of carbonyl (C=O) groups is 1. The predicted octanol–water partition coefficient (Wildman–Crippen LogP) is 1.80. The van der Waals surface area contributed by atoms with Gasteiger partial charge in [0.2, 0.25) is 0 Å². The molecule has 2 aliphatic rings. The van der Waals surface area contributed by atoms with E-state index in [4.69, 9.17) is 14.2 Å². The van der Waals surface area contributed by atoms with E-state index >= 15 is 0 Å². The summed E-state index contributed by atoms with van der Waals surface area (Å²) in [5, 5.41) is 0. The Balaban J connectivity index is 1.67. The van der Waals surface area contributed by atoms with Gasteiger partial charge >= 0.3 is 6.09 Å². The Labute approximate surface area is 108 Å². The third kappa shape index (κ3) is 4.46. The van der Waals surface area contributed by atoms with Crippen LogP contribution in [0.5, 0.6) is 0 Å². The number of piperidine rings is 1. The Hall–Kier alpha value is -0.810. The number of likely N-dealkylation sites (tertiary alicyclic amines) is 1. The zero-order chi connectivity index (χ0) is 13.2. The van der Waals surface area contributed by atoms with Crippen LogP contribution in [0, 0.1) is 0 Å². The summed E-state index contributed by atoms with van der Waals surface area (Å²) in [6, 6.07) is 0. The first-order valence-corrected chi connectivity index (χ1v) is 6.65. The Kier molecular flexibility index (Phi) is 4.12. The molecule has 2 saturated heterocycles. The number of nitrogens with zero attached hydrogens (tertiary/aromatic N) is 1. The van der Waals surface area contributed by atoms with Gasteiger partial charge in [0.1, 0.15) is 11.7 Å². The fourth-order valence-corrected chi connectivity index (χ4v) is 1.94. The lowest BCUT2D eigenvalue weighted by molar-refractivity contribution is -0.0147. The number of rotatable bonds is 3. The Bertz CT molecular complexity index is 288. The van der Waals surface area contributed by atoms with Gasteiger partial charge in [-0.3, -0.25) is 0 Å². The molecule has 0 aromatic heterocycles. The van der Waals surface area contributed by atoms with Gasteiger partial charge in [-0.25, -0.2) is 4.79 Å². The summed E-state index contributed by atoms with van der Waals surface area (Å²) in [5.41, 5.74) is -0.423. The summed E-state index contributed by atoms with van der Waals surface area (Å²) in [4.78, 5) is 13.6. The van der Waals surface area contributed by atoms with Crippen LogP contribution in [0.1, 0.15) is 33.6 Å². The first-order chi connectivity index (χ1) is 8.44. The van der Waals surface area contributed by atoms with E-state index in [-0.39, 0.29) is 12.2 Å². The molecule has 0 saturated carbocycles. The summed E-state index contributed by atoms with van der Waals surface area (Å²) >= 11 is 0. The molecule has 2 aliphatic heterocycles. The summed E-state index contributed by atoms with van der Waals surface area (Å²) < 4.78 is 16.2. The fraction of sp³-hybridized carbons (Fsp3) is 0.923. The second-order valence-corrected chi connectivity index (χ2v) is 5.96. The minimum absolute atomic E-state index is 0.216. The molecule has 0 aromatic carbocycles. The summed E-state index contributed by atoms with van der Waals surface area (Å²) in [6.45, 7) is 8.60. The molecular weight excluding hydrogens is 234 g/mol. The molecule has 1 amide bonds. The molecule has 0 aromatic rings. The van der Waals surface area contributed by atoms with Gasteiger partial charge in [-0.05, 0) is 33.6 Å². The lowest BCUT2D eigenvalue weighted by atomic mass is 10.1. The quantitative estimate of drug-likeness (QED) is 0.723. The highest BCUT2D eigenvalue weighted by molar-refractivity contribution is 5.68. The number of hydrogen-bond acceptors (Lipinski definition) is 4. The van der Waals surface area contributed by atoms with Crippen molar-refractivity contribution in [3.8, 4) is 0 Å². The van der Waals surface area contributed by atoms with Crippen molar-refractivity contribution in [1.29, 1.82) is 0 Å². The maximum Gasteiger partial charge on any atom is 0.410 e. The van der Waals surface area contributed by atoms with Gasteiger partial charge in [0, 0.05) is 13.1 Å². The SMILES string of the molecule is CC(C)(C)OC(=O)N1CCC(OC[C@@H]2CO2)CC1. The molecule has 0 unspecified atom stereocenters. The number of ether oxygens (including phenoxy) is 3. The van der Waals surface area contributed by atoms with Crippen LogP contribution in [-0.2, 0) is 14.2 Å². The van der Waals surface area contributed by atoms with Crippen molar-refractivity contribution < 1.29 is 19.0 Å². The highest BCUT2D eigenvalue weighted by atomic mass is 16.6. The van der Waals surface area contributed by atoms with E-state index in [1.807, 2.05) is 20.8 Å². The van der Waals surface area contributed by atoms with Gasteiger partial charge in [-0.2, -0.15) is 0 Å². The summed E-state index contributed by atoms with van der Waals surface area (Å²) in [6.07, 6.45) is 2.12. The molecule has 0 bridgehead atoms. The Morgan fingerprint density at radius 1 is 1.33 bits per heavy atom. The standard InChI is InChI=1S/C13H23NO4/c1-13(2,3)18-12(15)14-6-4-10(5-7-14)16-8-11-9-17-11/h10-11H,4-9H2,1-3H3/t11-/m1/s1. The normalized spacial score (nSPS) is 25.1. The van der Waals surface area contributed by atoms with E-state index in [0.717, 1.165) is 19.4 Å². The molecule has 18 heavy (non-hydrogen) atoms. The van der Waals surface area contributed by atoms with Crippen molar-refractivity contribution in [2.45, 2.75) is 51.4 Å². The molecule has 0 radical (unpaired) electrons. The fourth-order valence-electron chi connectivity index (χ4n) is 1.94. The van der Waals surface area contributed by atoms with Crippen LogP contribution >= 0.6 is 0 Å².